The maximum Gasteiger partial charge on any atom is 0.276 e. The van der Waals surface area contributed by atoms with E-state index in [0.29, 0.717) is 42.3 Å². The van der Waals surface area contributed by atoms with Gasteiger partial charge in [0.1, 0.15) is 11.4 Å². The van der Waals surface area contributed by atoms with Crippen LogP contribution in [0.2, 0.25) is 0 Å². The second-order valence-corrected chi connectivity index (χ2v) is 6.91. The van der Waals surface area contributed by atoms with Crippen LogP contribution in [0.3, 0.4) is 0 Å². The van der Waals surface area contributed by atoms with Gasteiger partial charge in [0.25, 0.3) is 5.91 Å². The number of hydrogen-bond acceptors (Lipinski definition) is 6. The van der Waals surface area contributed by atoms with Gasteiger partial charge in [0, 0.05) is 19.0 Å². The Bertz CT molecular complexity index is 1020. The van der Waals surface area contributed by atoms with Crippen molar-refractivity contribution in [1.82, 2.24) is 10.1 Å². The van der Waals surface area contributed by atoms with Crippen LogP contribution >= 0.6 is 0 Å². The Labute approximate surface area is 154 Å². The highest BCUT2D eigenvalue weighted by atomic mass is 16.5. The van der Waals surface area contributed by atoms with E-state index in [0.717, 1.165) is 0 Å². The summed E-state index contributed by atoms with van der Waals surface area (Å²) in [6.07, 6.45) is 2.39. The number of rotatable bonds is 2. The van der Waals surface area contributed by atoms with Crippen LogP contribution in [0.1, 0.15) is 33.7 Å². The maximum atomic E-state index is 12.8. The zero-order chi connectivity index (χ0) is 18.4. The predicted octanol–water partition coefficient (Wildman–Crippen LogP) is 3.18. The summed E-state index contributed by atoms with van der Waals surface area (Å²) in [5.41, 5.74) is 0.141. The molecule has 1 unspecified atom stereocenters. The predicted molar refractivity (Wildman–Crippen MR) is 93.5 cm³/mol. The van der Waals surface area contributed by atoms with E-state index in [1.54, 1.807) is 35.2 Å². The van der Waals surface area contributed by atoms with Crippen molar-refractivity contribution in [2.75, 3.05) is 13.1 Å². The van der Waals surface area contributed by atoms with Crippen molar-refractivity contribution in [3.05, 3.63) is 60.0 Å². The van der Waals surface area contributed by atoms with Gasteiger partial charge in [-0.1, -0.05) is 17.3 Å². The van der Waals surface area contributed by atoms with Gasteiger partial charge in [0.2, 0.25) is 5.76 Å². The Kier molecular flexibility index (Phi) is 3.43. The smallest absolute Gasteiger partial charge is 0.276 e. The Morgan fingerprint density at radius 1 is 1.15 bits per heavy atom. The summed E-state index contributed by atoms with van der Waals surface area (Å²) < 4.78 is 16.6. The van der Waals surface area contributed by atoms with Crippen LogP contribution < -0.4 is 4.74 Å². The number of aromatic nitrogens is 1. The van der Waals surface area contributed by atoms with Crippen molar-refractivity contribution in [1.29, 1.82) is 0 Å². The van der Waals surface area contributed by atoms with Gasteiger partial charge >= 0.3 is 0 Å². The number of ether oxygens (including phenoxy) is 1. The number of furan rings is 1. The number of Topliss-reactive ketones (excluding diaryl/α,β-unsaturated/α-hetero) is 1. The van der Waals surface area contributed by atoms with Crippen molar-refractivity contribution in [3.63, 3.8) is 0 Å². The van der Waals surface area contributed by atoms with Crippen LogP contribution in [0.5, 0.6) is 5.75 Å². The molecule has 3 aromatic rings. The summed E-state index contributed by atoms with van der Waals surface area (Å²) in [6, 6.07) is 12.3. The molecular weight excluding hydrogens is 348 g/mol. The van der Waals surface area contributed by atoms with Crippen molar-refractivity contribution in [3.8, 4) is 17.3 Å². The molecule has 0 aliphatic carbocycles. The van der Waals surface area contributed by atoms with Crippen molar-refractivity contribution < 1.29 is 23.3 Å². The number of carbonyl (C=O) groups is 2. The summed E-state index contributed by atoms with van der Waals surface area (Å²) in [5, 5.41) is 3.87. The van der Waals surface area contributed by atoms with Crippen molar-refractivity contribution in [2.45, 2.75) is 18.4 Å². The zero-order valence-electron chi connectivity index (χ0n) is 14.4. The second-order valence-electron chi connectivity index (χ2n) is 6.91. The molecule has 1 aromatic carbocycles. The lowest BCUT2D eigenvalue weighted by molar-refractivity contribution is 0.0426. The fraction of sp³-hybridized carbons (Fsp3) is 0.250. The number of carbonyl (C=O) groups excluding carboxylic acids is 2. The van der Waals surface area contributed by atoms with E-state index in [1.807, 2.05) is 12.1 Å². The third kappa shape index (κ3) is 2.63. The molecule has 136 valence electrons. The molecule has 0 saturated carbocycles. The average molecular weight is 364 g/mol. The molecule has 0 bridgehead atoms. The normalized spacial score (nSPS) is 21.3. The molecule has 1 fully saturated rings. The molecule has 5 rings (SSSR count). The minimum Gasteiger partial charge on any atom is -0.484 e. The summed E-state index contributed by atoms with van der Waals surface area (Å²) in [4.78, 5) is 27.0. The van der Waals surface area contributed by atoms with E-state index in [-0.39, 0.29) is 23.8 Å². The van der Waals surface area contributed by atoms with Gasteiger partial charge < -0.3 is 18.6 Å². The molecule has 7 heteroatoms. The average Bonchev–Trinajstić information content (AvgIpc) is 3.42. The molecule has 0 N–H and O–H groups in total. The molecule has 27 heavy (non-hydrogen) atoms. The minimum absolute atomic E-state index is 0.0488. The molecule has 2 aliphatic rings. The molecule has 7 nitrogen and oxygen atoms in total. The first kappa shape index (κ1) is 15.9. The third-order valence-corrected chi connectivity index (χ3v) is 5.09. The van der Waals surface area contributed by atoms with E-state index < -0.39 is 5.60 Å². The van der Waals surface area contributed by atoms with Crippen LogP contribution in [0, 0.1) is 0 Å². The lowest BCUT2D eigenvalue weighted by Crippen LogP contribution is -2.45. The molecule has 1 spiro atoms. The fourth-order valence-corrected chi connectivity index (χ4v) is 3.76. The number of likely N-dealkylation sites (tertiary alicyclic amines) is 1. The van der Waals surface area contributed by atoms with Gasteiger partial charge in [-0.15, -0.1) is 0 Å². The monoisotopic (exact) mass is 364 g/mol. The van der Waals surface area contributed by atoms with Crippen LogP contribution in [0.25, 0.3) is 11.5 Å². The first-order chi connectivity index (χ1) is 13.1. The van der Waals surface area contributed by atoms with Crippen LogP contribution in [-0.4, -0.2) is 40.4 Å². The Morgan fingerprint density at radius 2 is 2.04 bits per heavy atom. The highest BCUT2D eigenvalue weighted by Gasteiger charge is 2.47. The minimum atomic E-state index is -0.672. The van der Waals surface area contributed by atoms with Crippen molar-refractivity contribution in [2.24, 2.45) is 0 Å². The summed E-state index contributed by atoms with van der Waals surface area (Å²) >= 11 is 0. The van der Waals surface area contributed by atoms with Gasteiger partial charge in [-0.05, 0) is 24.3 Å². The number of ketones is 1. The first-order valence-electron chi connectivity index (χ1n) is 8.75. The second kappa shape index (κ2) is 5.84. The topological polar surface area (TPSA) is 85.8 Å². The van der Waals surface area contributed by atoms with Gasteiger partial charge in [0.15, 0.2) is 17.2 Å². The molecule has 0 radical (unpaired) electrons. The highest BCUT2D eigenvalue weighted by Crippen LogP contribution is 2.39. The highest BCUT2D eigenvalue weighted by molar-refractivity contribution is 6.00. The standard InChI is InChI=1S/C20H16N2O5/c23-15-11-20(26-16-5-2-1-4-13(15)16)7-8-22(12-20)19(24)14-10-18(27-21-14)17-6-3-9-25-17/h1-6,9-10H,7-8,11-12H2. The van der Waals surface area contributed by atoms with E-state index in [4.69, 9.17) is 13.7 Å². The van der Waals surface area contributed by atoms with Gasteiger partial charge in [-0.3, -0.25) is 9.59 Å². The number of para-hydroxylation sites is 1. The first-order valence-corrected chi connectivity index (χ1v) is 8.75. The molecule has 1 amide bonds. The van der Waals surface area contributed by atoms with Crippen LogP contribution in [0.15, 0.2) is 57.7 Å². The van der Waals surface area contributed by atoms with Gasteiger partial charge in [-0.25, -0.2) is 0 Å². The quantitative estimate of drug-likeness (QED) is 0.694. The Balaban J connectivity index is 1.35. The van der Waals surface area contributed by atoms with E-state index in [9.17, 15) is 9.59 Å². The van der Waals surface area contributed by atoms with Gasteiger partial charge in [-0.2, -0.15) is 0 Å². The summed E-state index contributed by atoms with van der Waals surface area (Å²) in [5.74, 6) is 1.30. The molecule has 2 aromatic heterocycles. The van der Waals surface area contributed by atoms with E-state index >= 15 is 0 Å². The van der Waals surface area contributed by atoms with Gasteiger partial charge in [0.05, 0.1) is 24.8 Å². The molecule has 2 aliphatic heterocycles. The van der Waals surface area contributed by atoms with E-state index in [1.165, 1.54) is 6.26 Å². The van der Waals surface area contributed by atoms with Crippen LogP contribution in [-0.2, 0) is 0 Å². The number of hydrogen-bond donors (Lipinski definition) is 0. The lowest BCUT2D eigenvalue weighted by Gasteiger charge is -2.34. The number of nitrogens with zero attached hydrogens (tertiary/aromatic N) is 2. The summed E-state index contributed by atoms with van der Waals surface area (Å²) in [7, 11) is 0. The Hall–Kier alpha value is -3.35. The Morgan fingerprint density at radius 3 is 2.89 bits per heavy atom. The third-order valence-electron chi connectivity index (χ3n) is 5.09. The van der Waals surface area contributed by atoms with Crippen molar-refractivity contribution >= 4 is 11.7 Å². The molecule has 1 saturated heterocycles. The number of fused-ring (bicyclic) bond motifs is 1. The molecular formula is C20H16N2O5. The fourth-order valence-electron chi connectivity index (χ4n) is 3.76. The largest absolute Gasteiger partial charge is 0.484 e. The summed E-state index contributed by atoms with van der Waals surface area (Å²) in [6.45, 7) is 0.839. The number of amides is 1. The van der Waals surface area contributed by atoms with E-state index in [2.05, 4.69) is 5.16 Å². The lowest BCUT2D eigenvalue weighted by atomic mass is 9.89. The molecule has 4 heterocycles. The maximum absolute atomic E-state index is 12.8. The van der Waals surface area contributed by atoms with Crippen LogP contribution in [0.4, 0.5) is 0 Å². The SMILES string of the molecule is O=C1CC2(CCN(C(=O)c3cc(-c4ccco4)on3)C2)Oc2ccccc21. The number of benzene rings is 1. The molecule has 1 atom stereocenters. The zero-order valence-corrected chi connectivity index (χ0v) is 14.4.